The summed E-state index contributed by atoms with van der Waals surface area (Å²) >= 11 is 5.74. The molecule has 1 aliphatic carbocycles. The summed E-state index contributed by atoms with van der Waals surface area (Å²) in [5.74, 6) is -1.29. The SMILES string of the molecule is O=C(N[C@@H]1CC[C@H](C(=O)O)C1)c1ccc(Cl)cc1. The fraction of sp³-hybridized carbons (Fsp3) is 0.385. The van der Waals surface area contributed by atoms with Crippen molar-refractivity contribution in [2.75, 3.05) is 0 Å². The van der Waals surface area contributed by atoms with Crippen LogP contribution < -0.4 is 5.32 Å². The van der Waals surface area contributed by atoms with Crippen LogP contribution in [0.2, 0.25) is 5.02 Å². The number of carbonyl (C=O) groups excluding carboxylic acids is 1. The number of hydrogen-bond acceptors (Lipinski definition) is 2. The fourth-order valence-corrected chi connectivity index (χ4v) is 2.33. The van der Waals surface area contributed by atoms with E-state index in [1.165, 1.54) is 0 Å². The fourth-order valence-electron chi connectivity index (χ4n) is 2.21. The molecule has 1 amide bonds. The van der Waals surface area contributed by atoms with E-state index in [2.05, 4.69) is 5.32 Å². The van der Waals surface area contributed by atoms with Crippen molar-refractivity contribution < 1.29 is 14.7 Å². The van der Waals surface area contributed by atoms with E-state index in [1.54, 1.807) is 24.3 Å². The first kappa shape index (κ1) is 12.9. The van der Waals surface area contributed by atoms with Crippen molar-refractivity contribution in [3.63, 3.8) is 0 Å². The van der Waals surface area contributed by atoms with Gasteiger partial charge < -0.3 is 10.4 Å². The van der Waals surface area contributed by atoms with Crippen LogP contribution in [0.5, 0.6) is 0 Å². The molecule has 0 saturated heterocycles. The molecule has 1 fully saturated rings. The highest BCUT2D eigenvalue weighted by atomic mass is 35.5. The molecule has 96 valence electrons. The second-order valence-electron chi connectivity index (χ2n) is 4.53. The van der Waals surface area contributed by atoms with E-state index >= 15 is 0 Å². The summed E-state index contributed by atoms with van der Waals surface area (Å²) in [5.41, 5.74) is 0.540. The Morgan fingerprint density at radius 3 is 2.44 bits per heavy atom. The van der Waals surface area contributed by atoms with E-state index < -0.39 is 5.97 Å². The highest BCUT2D eigenvalue weighted by molar-refractivity contribution is 6.30. The van der Waals surface area contributed by atoms with E-state index in [9.17, 15) is 9.59 Å². The molecule has 1 aliphatic rings. The Bertz CT molecular complexity index is 458. The van der Waals surface area contributed by atoms with Crippen LogP contribution in [0.4, 0.5) is 0 Å². The number of benzene rings is 1. The molecule has 2 atom stereocenters. The molecule has 2 N–H and O–H groups in total. The number of hydrogen-bond donors (Lipinski definition) is 2. The second-order valence-corrected chi connectivity index (χ2v) is 4.96. The predicted octanol–water partition coefficient (Wildman–Crippen LogP) is 2.32. The molecular weight excluding hydrogens is 254 g/mol. The third kappa shape index (κ3) is 3.01. The van der Waals surface area contributed by atoms with E-state index in [0.717, 1.165) is 6.42 Å². The molecule has 1 saturated carbocycles. The van der Waals surface area contributed by atoms with Gasteiger partial charge in [-0.25, -0.2) is 0 Å². The average molecular weight is 268 g/mol. The van der Waals surface area contributed by atoms with Gasteiger partial charge in [0.1, 0.15) is 0 Å². The van der Waals surface area contributed by atoms with Crippen molar-refractivity contribution in [1.29, 1.82) is 0 Å². The molecule has 0 radical (unpaired) electrons. The molecular formula is C13H14ClNO3. The maximum atomic E-state index is 11.9. The lowest BCUT2D eigenvalue weighted by molar-refractivity contribution is -0.141. The minimum Gasteiger partial charge on any atom is -0.481 e. The smallest absolute Gasteiger partial charge is 0.306 e. The summed E-state index contributed by atoms with van der Waals surface area (Å²) < 4.78 is 0. The van der Waals surface area contributed by atoms with Gasteiger partial charge in [-0.15, -0.1) is 0 Å². The van der Waals surface area contributed by atoms with Gasteiger partial charge in [-0.05, 0) is 43.5 Å². The van der Waals surface area contributed by atoms with Gasteiger partial charge in [-0.3, -0.25) is 9.59 Å². The highest BCUT2D eigenvalue weighted by Crippen LogP contribution is 2.25. The minimum atomic E-state index is -0.779. The zero-order chi connectivity index (χ0) is 13.1. The van der Waals surface area contributed by atoms with Gasteiger partial charge in [0, 0.05) is 16.6 Å². The van der Waals surface area contributed by atoms with Crippen molar-refractivity contribution in [2.45, 2.75) is 25.3 Å². The first-order valence-electron chi connectivity index (χ1n) is 5.85. The summed E-state index contributed by atoms with van der Waals surface area (Å²) in [6.45, 7) is 0. The van der Waals surface area contributed by atoms with Gasteiger partial charge in [0.25, 0.3) is 5.91 Å². The molecule has 4 nitrogen and oxygen atoms in total. The van der Waals surface area contributed by atoms with E-state index in [1.807, 2.05) is 0 Å². The Hall–Kier alpha value is -1.55. The lowest BCUT2D eigenvalue weighted by Gasteiger charge is -2.12. The number of carboxylic acid groups (broad SMARTS) is 1. The van der Waals surface area contributed by atoms with Crippen LogP contribution in [-0.2, 0) is 4.79 Å². The average Bonchev–Trinajstić information content (AvgIpc) is 2.78. The standard InChI is InChI=1S/C13H14ClNO3/c14-10-4-1-8(2-5-10)12(16)15-11-6-3-9(7-11)13(17)18/h1-2,4-5,9,11H,3,6-7H2,(H,15,16)(H,17,18)/t9-,11+/m0/s1. The second kappa shape index (κ2) is 5.40. The van der Waals surface area contributed by atoms with Gasteiger partial charge in [0.15, 0.2) is 0 Å². The first-order chi connectivity index (χ1) is 8.56. The molecule has 0 aromatic heterocycles. The van der Waals surface area contributed by atoms with Gasteiger partial charge in [0.2, 0.25) is 0 Å². The van der Waals surface area contributed by atoms with Crippen LogP contribution in [0.3, 0.4) is 0 Å². The number of aliphatic carboxylic acids is 1. The molecule has 0 aliphatic heterocycles. The van der Waals surface area contributed by atoms with Crippen molar-refractivity contribution in [3.8, 4) is 0 Å². The van der Waals surface area contributed by atoms with Crippen LogP contribution in [0.15, 0.2) is 24.3 Å². The lowest BCUT2D eigenvalue weighted by atomic mass is 10.1. The Morgan fingerprint density at radius 2 is 1.89 bits per heavy atom. The molecule has 0 unspecified atom stereocenters. The number of carbonyl (C=O) groups is 2. The summed E-state index contributed by atoms with van der Waals surface area (Å²) in [6.07, 6.45) is 1.85. The summed E-state index contributed by atoms with van der Waals surface area (Å²) in [4.78, 5) is 22.7. The first-order valence-corrected chi connectivity index (χ1v) is 6.23. The highest BCUT2D eigenvalue weighted by Gasteiger charge is 2.30. The van der Waals surface area contributed by atoms with Crippen LogP contribution in [0.1, 0.15) is 29.6 Å². The molecule has 0 spiro atoms. The number of rotatable bonds is 3. The molecule has 2 rings (SSSR count). The molecule has 1 aromatic rings. The van der Waals surface area contributed by atoms with Crippen LogP contribution in [0.25, 0.3) is 0 Å². The third-order valence-electron chi connectivity index (χ3n) is 3.22. The van der Waals surface area contributed by atoms with Crippen LogP contribution in [-0.4, -0.2) is 23.0 Å². The van der Waals surface area contributed by atoms with Crippen molar-refractivity contribution >= 4 is 23.5 Å². The van der Waals surface area contributed by atoms with Gasteiger partial charge in [0.05, 0.1) is 5.92 Å². The maximum Gasteiger partial charge on any atom is 0.306 e. The number of nitrogens with one attached hydrogen (secondary N) is 1. The largest absolute Gasteiger partial charge is 0.481 e. The van der Waals surface area contributed by atoms with Gasteiger partial charge in [-0.2, -0.15) is 0 Å². The monoisotopic (exact) mass is 267 g/mol. The summed E-state index contributed by atoms with van der Waals surface area (Å²) in [7, 11) is 0. The molecule has 5 heteroatoms. The molecule has 0 heterocycles. The van der Waals surface area contributed by atoms with E-state index in [-0.39, 0.29) is 17.9 Å². The number of amides is 1. The normalized spacial score (nSPS) is 22.7. The predicted molar refractivity (Wildman–Crippen MR) is 67.7 cm³/mol. The zero-order valence-electron chi connectivity index (χ0n) is 9.73. The van der Waals surface area contributed by atoms with E-state index in [0.29, 0.717) is 23.4 Å². The molecule has 18 heavy (non-hydrogen) atoms. The van der Waals surface area contributed by atoms with E-state index in [4.69, 9.17) is 16.7 Å². The zero-order valence-corrected chi connectivity index (χ0v) is 10.5. The third-order valence-corrected chi connectivity index (χ3v) is 3.48. The van der Waals surface area contributed by atoms with Crippen molar-refractivity contribution in [2.24, 2.45) is 5.92 Å². The Labute approximate surface area is 110 Å². The maximum absolute atomic E-state index is 11.9. The minimum absolute atomic E-state index is 0.0470. The summed E-state index contributed by atoms with van der Waals surface area (Å²) in [5, 5.41) is 12.3. The molecule has 1 aromatic carbocycles. The lowest BCUT2D eigenvalue weighted by Crippen LogP contribution is -2.33. The Balaban J connectivity index is 1.92. The van der Waals surface area contributed by atoms with Gasteiger partial charge in [-0.1, -0.05) is 11.6 Å². The molecule has 0 bridgehead atoms. The summed E-state index contributed by atoms with van der Waals surface area (Å²) in [6, 6.07) is 6.58. The van der Waals surface area contributed by atoms with Gasteiger partial charge >= 0.3 is 5.97 Å². The quantitative estimate of drug-likeness (QED) is 0.883. The number of halogens is 1. The number of carboxylic acids is 1. The van der Waals surface area contributed by atoms with Crippen molar-refractivity contribution in [1.82, 2.24) is 5.32 Å². The Kier molecular flexibility index (Phi) is 3.87. The van der Waals surface area contributed by atoms with Crippen LogP contribution in [0, 0.1) is 5.92 Å². The topological polar surface area (TPSA) is 66.4 Å². The Morgan fingerprint density at radius 1 is 1.22 bits per heavy atom. The van der Waals surface area contributed by atoms with Crippen LogP contribution >= 0.6 is 11.6 Å². The van der Waals surface area contributed by atoms with Crippen molar-refractivity contribution in [3.05, 3.63) is 34.9 Å².